The van der Waals surface area contributed by atoms with E-state index in [1.165, 1.54) is 42.4 Å². The molecule has 0 atom stereocenters. The van der Waals surface area contributed by atoms with Crippen LogP contribution in [-0.4, -0.2) is 4.98 Å². The zero-order chi connectivity index (χ0) is 33.8. The molecule has 5 heteroatoms. The van der Waals surface area contributed by atoms with Crippen LogP contribution in [-0.2, 0) is 5.41 Å². The van der Waals surface area contributed by atoms with E-state index >= 15 is 0 Å². The minimum Gasteiger partial charge on any atom is -0.456 e. The van der Waals surface area contributed by atoms with E-state index in [0.717, 1.165) is 55.7 Å². The van der Waals surface area contributed by atoms with Gasteiger partial charge in [-0.2, -0.15) is 0 Å². The second-order valence-electron chi connectivity index (χ2n) is 14.0. The normalized spacial score (nSPS) is 13.5. The van der Waals surface area contributed by atoms with Crippen LogP contribution >= 0.6 is 11.3 Å². The fourth-order valence-corrected chi connectivity index (χ4v) is 9.37. The summed E-state index contributed by atoms with van der Waals surface area (Å²) in [5.41, 5.74) is 12.5. The minimum absolute atomic E-state index is 0.133. The van der Waals surface area contributed by atoms with E-state index in [1.54, 1.807) is 0 Å². The van der Waals surface area contributed by atoms with Crippen molar-refractivity contribution in [2.75, 3.05) is 4.90 Å². The van der Waals surface area contributed by atoms with Crippen molar-refractivity contribution < 1.29 is 8.83 Å². The molecule has 0 bridgehead atoms. The van der Waals surface area contributed by atoms with Gasteiger partial charge in [-0.3, -0.25) is 0 Å². The molecule has 4 nitrogen and oxygen atoms in total. The molecule has 3 aromatic heterocycles. The second-order valence-corrected chi connectivity index (χ2v) is 15.1. The molecule has 0 aliphatic heterocycles. The molecule has 10 aromatic rings. The lowest BCUT2D eigenvalue weighted by Crippen LogP contribution is -2.16. The Morgan fingerprint density at radius 1 is 0.549 bits per heavy atom. The first-order valence-corrected chi connectivity index (χ1v) is 18.1. The van der Waals surface area contributed by atoms with Crippen LogP contribution in [0.3, 0.4) is 0 Å². The molecule has 0 amide bonds. The van der Waals surface area contributed by atoms with Gasteiger partial charge in [0, 0.05) is 54.0 Å². The maximum atomic E-state index is 6.59. The van der Waals surface area contributed by atoms with Gasteiger partial charge in [0.05, 0.1) is 11.1 Å². The predicted octanol–water partition coefficient (Wildman–Crippen LogP) is 13.5. The first-order chi connectivity index (χ1) is 25.0. The highest BCUT2D eigenvalue weighted by molar-refractivity contribution is 7.25. The van der Waals surface area contributed by atoms with Gasteiger partial charge in [0.15, 0.2) is 5.58 Å². The average molecular weight is 675 g/mol. The van der Waals surface area contributed by atoms with Gasteiger partial charge in [0.1, 0.15) is 16.7 Å². The molecule has 0 fully saturated rings. The molecule has 0 saturated carbocycles. The molecule has 242 valence electrons. The summed E-state index contributed by atoms with van der Waals surface area (Å²) in [6.45, 7) is 4.68. The Morgan fingerprint density at radius 2 is 1.31 bits per heavy atom. The molecule has 0 N–H and O–H groups in total. The summed E-state index contributed by atoms with van der Waals surface area (Å²) in [6.07, 6.45) is 0. The van der Waals surface area contributed by atoms with E-state index < -0.39 is 0 Å². The highest BCUT2D eigenvalue weighted by Gasteiger charge is 2.36. The molecule has 0 spiro atoms. The highest BCUT2D eigenvalue weighted by Crippen LogP contribution is 2.52. The van der Waals surface area contributed by atoms with Crippen molar-refractivity contribution in [3.05, 3.63) is 157 Å². The lowest BCUT2D eigenvalue weighted by Gasteiger charge is -2.28. The molecule has 3 heterocycles. The standard InChI is InChI=1S/C46H30N2O2S/c1-46(2)35-15-8-6-13-30(35)31-21-19-28(23-36(31)46)48(29-20-22-33-32-14-7-9-18-42(32)51-43(33)24-29)38-16-10-17-39-44(38)34-25-41-37(26-40(34)49-39)47-45(50-41)27-11-4-3-5-12-27/h3-26H,1-2H3. The molecule has 0 saturated heterocycles. The number of anilines is 3. The maximum Gasteiger partial charge on any atom is 0.227 e. The number of oxazole rings is 1. The van der Waals surface area contributed by atoms with Crippen molar-refractivity contribution in [2.45, 2.75) is 19.3 Å². The van der Waals surface area contributed by atoms with Crippen molar-refractivity contribution in [1.29, 1.82) is 0 Å². The van der Waals surface area contributed by atoms with E-state index in [9.17, 15) is 0 Å². The number of rotatable bonds is 4. The number of hydrogen-bond donors (Lipinski definition) is 0. The quantitative estimate of drug-likeness (QED) is 0.186. The summed E-state index contributed by atoms with van der Waals surface area (Å²) < 4.78 is 15.5. The van der Waals surface area contributed by atoms with Crippen molar-refractivity contribution in [2.24, 2.45) is 0 Å². The fraction of sp³-hybridized carbons (Fsp3) is 0.0652. The van der Waals surface area contributed by atoms with E-state index in [2.05, 4.69) is 128 Å². The molecular formula is C46H30N2O2S. The lowest BCUT2D eigenvalue weighted by molar-refractivity contribution is 0.620. The SMILES string of the molecule is CC1(C)c2ccccc2-c2ccc(N(c3ccc4c(c3)sc3ccccc34)c3cccc4oc5cc6nc(-c7ccccc7)oc6cc5c34)cc21. The number of hydrogen-bond acceptors (Lipinski definition) is 5. The van der Waals surface area contributed by atoms with Crippen LogP contribution in [0.1, 0.15) is 25.0 Å². The largest absolute Gasteiger partial charge is 0.456 e. The van der Waals surface area contributed by atoms with Crippen LogP contribution in [0, 0.1) is 0 Å². The van der Waals surface area contributed by atoms with Crippen LogP contribution in [0.4, 0.5) is 17.1 Å². The third kappa shape index (κ3) is 4.16. The number of fused-ring (bicyclic) bond motifs is 10. The van der Waals surface area contributed by atoms with Gasteiger partial charge in [-0.05, 0) is 82.9 Å². The van der Waals surface area contributed by atoms with E-state index in [4.69, 9.17) is 13.8 Å². The molecule has 7 aromatic carbocycles. The molecule has 51 heavy (non-hydrogen) atoms. The number of aromatic nitrogens is 1. The second kappa shape index (κ2) is 10.4. The third-order valence-corrected chi connectivity index (χ3v) is 11.8. The van der Waals surface area contributed by atoms with Crippen molar-refractivity contribution in [1.82, 2.24) is 4.98 Å². The van der Waals surface area contributed by atoms with Crippen molar-refractivity contribution in [3.8, 4) is 22.6 Å². The first-order valence-electron chi connectivity index (χ1n) is 17.3. The molecule has 1 aliphatic carbocycles. The van der Waals surface area contributed by atoms with E-state index in [1.807, 2.05) is 47.7 Å². The summed E-state index contributed by atoms with van der Waals surface area (Å²) in [5.74, 6) is 0.600. The predicted molar refractivity (Wildman–Crippen MR) is 212 cm³/mol. The van der Waals surface area contributed by atoms with Gasteiger partial charge in [-0.15, -0.1) is 11.3 Å². The molecule has 0 radical (unpaired) electrons. The number of thiophene rings is 1. The Labute approximate surface area is 297 Å². The zero-order valence-corrected chi connectivity index (χ0v) is 28.8. The minimum atomic E-state index is -0.133. The first kappa shape index (κ1) is 28.6. The monoisotopic (exact) mass is 674 g/mol. The molecule has 11 rings (SSSR count). The van der Waals surface area contributed by atoms with Crippen LogP contribution in [0.15, 0.2) is 154 Å². The summed E-state index contributed by atoms with van der Waals surface area (Å²) in [6, 6.07) is 51.8. The Kier molecular flexibility index (Phi) is 5.85. The summed E-state index contributed by atoms with van der Waals surface area (Å²) in [4.78, 5) is 7.23. The molecular weight excluding hydrogens is 645 g/mol. The van der Waals surface area contributed by atoms with Crippen LogP contribution in [0.5, 0.6) is 0 Å². The van der Waals surface area contributed by atoms with Crippen molar-refractivity contribution in [3.63, 3.8) is 0 Å². The zero-order valence-electron chi connectivity index (χ0n) is 28.0. The maximum absolute atomic E-state index is 6.59. The van der Waals surface area contributed by atoms with Crippen LogP contribution < -0.4 is 4.90 Å². The summed E-state index contributed by atoms with van der Waals surface area (Å²) >= 11 is 1.84. The highest BCUT2D eigenvalue weighted by atomic mass is 32.1. The Balaban J connectivity index is 1.16. The van der Waals surface area contributed by atoms with Crippen LogP contribution in [0.25, 0.3) is 75.8 Å². The third-order valence-electron chi connectivity index (χ3n) is 10.7. The van der Waals surface area contributed by atoms with Crippen molar-refractivity contribution >= 4 is 81.6 Å². The fourth-order valence-electron chi connectivity index (χ4n) is 8.23. The van der Waals surface area contributed by atoms with Gasteiger partial charge in [-0.1, -0.05) is 92.7 Å². The average Bonchev–Trinajstić information content (AvgIpc) is 3.91. The molecule has 0 unspecified atom stereocenters. The van der Waals surface area contributed by atoms with Gasteiger partial charge >= 0.3 is 0 Å². The smallest absolute Gasteiger partial charge is 0.227 e. The lowest BCUT2D eigenvalue weighted by atomic mass is 9.82. The van der Waals surface area contributed by atoms with Crippen LogP contribution in [0.2, 0.25) is 0 Å². The van der Waals surface area contributed by atoms with E-state index in [0.29, 0.717) is 5.89 Å². The Morgan fingerprint density at radius 3 is 2.24 bits per heavy atom. The van der Waals surface area contributed by atoms with Gasteiger partial charge < -0.3 is 13.7 Å². The van der Waals surface area contributed by atoms with E-state index in [-0.39, 0.29) is 5.41 Å². The summed E-state index contributed by atoms with van der Waals surface area (Å²) in [5, 5.41) is 4.59. The molecule has 1 aliphatic rings. The van der Waals surface area contributed by atoms with Gasteiger partial charge in [0.2, 0.25) is 5.89 Å². The number of furan rings is 1. The topological polar surface area (TPSA) is 42.4 Å². The Hall–Kier alpha value is -6.17. The Bertz CT molecular complexity index is 3020. The van der Waals surface area contributed by atoms with Gasteiger partial charge in [-0.25, -0.2) is 4.98 Å². The number of benzene rings is 7. The number of nitrogens with zero attached hydrogens (tertiary/aromatic N) is 2. The van der Waals surface area contributed by atoms with Gasteiger partial charge in [0.25, 0.3) is 0 Å². The summed E-state index contributed by atoms with van der Waals surface area (Å²) in [7, 11) is 0.